The molecular formula is C25H22N2O2S. The van der Waals surface area contributed by atoms with E-state index in [1.54, 1.807) is 11.3 Å². The zero-order valence-electron chi connectivity index (χ0n) is 16.9. The minimum absolute atomic E-state index is 0.165. The van der Waals surface area contributed by atoms with Crippen LogP contribution in [0.5, 0.6) is 0 Å². The van der Waals surface area contributed by atoms with E-state index in [0.717, 1.165) is 46.7 Å². The van der Waals surface area contributed by atoms with E-state index < -0.39 is 0 Å². The SMILES string of the molecule is CC[C@H]1CCCN1Cn1c(=O)c2ccc3sc4ccccc4c4ccc(c1=O)c2c34. The Morgan fingerprint density at radius 1 is 0.867 bits per heavy atom. The Kier molecular flexibility index (Phi) is 3.98. The van der Waals surface area contributed by atoms with E-state index in [1.807, 2.05) is 30.3 Å². The van der Waals surface area contributed by atoms with Gasteiger partial charge < -0.3 is 0 Å². The molecule has 3 aromatic carbocycles. The fourth-order valence-electron chi connectivity index (χ4n) is 5.26. The summed E-state index contributed by atoms with van der Waals surface area (Å²) in [6.45, 7) is 3.51. The van der Waals surface area contributed by atoms with Crippen LogP contribution in [0.3, 0.4) is 0 Å². The zero-order chi connectivity index (χ0) is 20.4. The van der Waals surface area contributed by atoms with Crippen molar-refractivity contribution in [3.63, 3.8) is 0 Å². The third-order valence-electron chi connectivity index (χ3n) is 6.76. The number of likely N-dealkylation sites (tertiary alicyclic amines) is 1. The standard InChI is InChI=1S/C25H22N2O2S/c1-2-15-6-5-13-26(15)14-27-24(28)18-10-9-17-16-7-3-4-8-20(16)30-21-12-11-19(25(27)29)22(18)23(17)21/h3-4,7-12,15H,2,5-6,13-14H2,1H3/t15-/m0/s1. The molecule has 0 amide bonds. The molecule has 1 fully saturated rings. The lowest BCUT2D eigenvalue weighted by molar-refractivity contribution is 0.192. The van der Waals surface area contributed by atoms with Crippen molar-refractivity contribution in [2.45, 2.75) is 38.9 Å². The highest BCUT2D eigenvalue weighted by molar-refractivity contribution is 7.25. The molecule has 0 spiro atoms. The molecule has 0 aliphatic carbocycles. The van der Waals surface area contributed by atoms with Crippen LogP contribution in [0.15, 0.2) is 58.1 Å². The fourth-order valence-corrected chi connectivity index (χ4v) is 6.39. The minimum atomic E-state index is -0.165. The average molecular weight is 415 g/mol. The van der Waals surface area contributed by atoms with E-state index in [-0.39, 0.29) is 11.1 Å². The first-order chi connectivity index (χ1) is 14.7. The summed E-state index contributed by atoms with van der Waals surface area (Å²) in [6, 6.07) is 16.7. The molecule has 30 heavy (non-hydrogen) atoms. The van der Waals surface area contributed by atoms with Crippen molar-refractivity contribution in [1.82, 2.24) is 9.47 Å². The summed E-state index contributed by atoms with van der Waals surface area (Å²) >= 11 is 1.72. The molecule has 2 aromatic heterocycles. The summed E-state index contributed by atoms with van der Waals surface area (Å²) in [7, 11) is 0. The van der Waals surface area contributed by atoms with Crippen LogP contribution in [0, 0.1) is 0 Å². The van der Waals surface area contributed by atoms with Gasteiger partial charge in [0, 0.05) is 43.5 Å². The third kappa shape index (κ3) is 2.42. The molecule has 5 heteroatoms. The van der Waals surface area contributed by atoms with E-state index in [1.165, 1.54) is 14.7 Å². The van der Waals surface area contributed by atoms with Gasteiger partial charge >= 0.3 is 0 Å². The molecule has 0 N–H and O–H groups in total. The second-order valence-electron chi connectivity index (χ2n) is 8.32. The van der Waals surface area contributed by atoms with Crippen LogP contribution in [0.2, 0.25) is 0 Å². The quantitative estimate of drug-likeness (QED) is 0.303. The first-order valence-electron chi connectivity index (χ1n) is 10.6. The minimum Gasteiger partial charge on any atom is -0.283 e. The van der Waals surface area contributed by atoms with E-state index in [0.29, 0.717) is 23.5 Å². The molecule has 150 valence electrons. The van der Waals surface area contributed by atoms with Gasteiger partial charge in [-0.15, -0.1) is 11.3 Å². The normalized spacial score (nSPS) is 17.8. The average Bonchev–Trinajstić information content (AvgIpc) is 3.23. The predicted octanol–water partition coefficient (Wildman–Crippen LogP) is 5.15. The smallest absolute Gasteiger partial charge is 0.262 e. The molecule has 1 aliphatic heterocycles. The van der Waals surface area contributed by atoms with E-state index in [2.05, 4.69) is 30.0 Å². The molecule has 0 unspecified atom stereocenters. The molecule has 0 bridgehead atoms. The molecule has 1 atom stereocenters. The summed E-state index contributed by atoms with van der Waals surface area (Å²) in [6.07, 6.45) is 3.32. The second-order valence-corrected chi connectivity index (χ2v) is 9.40. The molecule has 5 aromatic rings. The van der Waals surface area contributed by atoms with Crippen LogP contribution in [0.1, 0.15) is 26.2 Å². The number of pyridine rings is 1. The first-order valence-corrected chi connectivity index (χ1v) is 11.5. The summed E-state index contributed by atoms with van der Waals surface area (Å²) in [5, 5.41) is 5.45. The molecule has 0 saturated carbocycles. The Balaban J connectivity index is 1.68. The fraction of sp³-hybridized carbons (Fsp3) is 0.280. The molecular weight excluding hydrogens is 392 g/mol. The summed E-state index contributed by atoms with van der Waals surface area (Å²) in [5.41, 5.74) is -0.330. The molecule has 1 aliphatic rings. The van der Waals surface area contributed by atoms with Gasteiger partial charge in [0.15, 0.2) is 0 Å². The lowest BCUT2D eigenvalue weighted by atomic mass is 9.98. The number of hydrogen-bond acceptors (Lipinski definition) is 4. The maximum Gasteiger partial charge on any atom is 0.262 e. The van der Waals surface area contributed by atoms with Gasteiger partial charge in [0.25, 0.3) is 11.1 Å². The van der Waals surface area contributed by atoms with E-state index in [9.17, 15) is 9.59 Å². The summed E-state index contributed by atoms with van der Waals surface area (Å²) < 4.78 is 3.78. The number of nitrogens with zero attached hydrogens (tertiary/aromatic N) is 2. The number of hydrogen-bond donors (Lipinski definition) is 0. The van der Waals surface area contributed by atoms with Crippen molar-refractivity contribution in [3.8, 4) is 0 Å². The van der Waals surface area contributed by atoms with Gasteiger partial charge in [-0.25, -0.2) is 0 Å². The maximum absolute atomic E-state index is 13.4. The van der Waals surface area contributed by atoms with Gasteiger partial charge in [0.2, 0.25) is 0 Å². The lowest BCUT2D eigenvalue weighted by Gasteiger charge is -2.24. The van der Waals surface area contributed by atoms with Gasteiger partial charge in [-0.1, -0.05) is 31.2 Å². The first kappa shape index (κ1) is 18.0. The van der Waals surface area contributed by atoms with Gasteiger partial charge in [-0.3, -0.25) is 19.1 Å². The highest BCUT2D eigenvalue weighted by Gasteiger charge is 2.25. The number of rotatable bonds is 3. The van der Waals surface area contributed by atoms with Crippen molar-refractivity contribution in [2.75, 3.05) is 6.54 Å². The predicted molar refractivity (Wildman–Crippen MR) is 126 cm³/mol. The van der Waals surface area contributed by atoms with E-state index in [4.69, 9.17) is 0 Å². The Morgan fingerprint density at radius 3 is 2.40 bits per heavy atom. The van der Waals surface area contributed by atoms with Crippen molar-refractivity contribution >= 4 is 53.1 Å². The van der Waals surface area contributed by atoms with Crippen molar-refractivity contribution in [2.24, 2.45) is 0 Å². The molecule has 3 heterocycles. The van der Waals surface area contributed by atoms with Gasteiger partial charge in [0.05, 0.1) is 6.67 Å². The molecule has 6 rings (SSSR count). The lowest BCUT2D eigenvalue weighted by Crippen LogP contribution is -2.41. The largest absolute Gasteiger partial charge is 0.283 e. The third-order valence-corrected chi connectivity index (χ3v) is 7.90. The Morgan fingerprint density at radius 2 is 1.60 bits per heavy atom. The highest BCUT2D eigenvalue weighted by atomic mass is 32.1. The Hall–Kier alpha value is -2.76. The second kappa shape index (κ2) is 6.62. The monoisotopic (exact) mass is 414 g/mol. The van der Waals surface area contributed by atoms with Crippen LogP contribution >= 0.6 is 11.3 Å². The maximum atomic E-state index is 13.4. The molecule has 4 nitrogen and oxygen atoms in total. The van der Waals surface area contributed by atoms with Gasteiger partial charge in [0.1, 0.15) is 0 Å². The summed E-state index contributed by atoms with van der Waals surface area (Å²) in [4.78, 5) is 29.2. The van der Waals surface area contributed by atoms with Crippen LogP contribution in [-0.4, -0.2) is 22.1 Å². The van der Waals surface area contributed by atoms with E-state index >= 15 is 0 Å². The highest BCUT2D eigenvalue weighted by Crippen LogP contribution is 2.39. The Bertz CT molecular complexity index is 1520. The van der Waals surface area contributed by atoms with Crippen LogP contribution in [0.25, 0.3) is 41.7 Å². The van der Waals surface area contributed by atoms with Crippen LogP contribution in [0.4, 0.5) is 0 Å². The zero-order valence-corrected chi connectivity index (χ0v) is 17.7. The number of fused-ring (bicyclic) bond motifs is 2. The number of benzene rings is 3. The molecule has 1 saturated heterocycles. The van der Waals surface area contributed by atoms with Gasteiger partial charge in [-0.2, -0.15) is 0 Å². The van der Waals surface area contributed by atoms with Crippen LogP contribution < -0.4 is 11.1 Å². The van der Waals surface area contributed by atoms with Gasteiger partial charge in [-0.05, 0) is 54.3 Å². The molecule has 0 radical (unpaired) electrons. The Labute approximate surface area is 177 Å². The van der Waals surface area contributed by atoms with Crippen LogP contribution in [-0.2, 0) is 6.67 Å². The summed E-state index contributed by atoms with van der Waals surface area (Å²) in [5.74, 6) is 0. The number of aromatic nitrogens is 1. The topological polar surface area (TPSA) is 42.3 Å². The van der Waals surface area contributed by atoms with Crippen molar-refractivity contribution < 1.29 is 0 Å². The van der Waals surface area contributed by atoms with Crippen molar-refractivity contribution in [1.29, 1.82) is 0 Å². The van der Waals surface area contributed by atoms with Crippen molar-refractivity contribution in [3.05, 3.63) is 69.2 Å².